The highest BCUT2D eigenvalue weighted by Crippen LogP contribution is 2.61. The lowest BCUT2D eigenvalue weighted by Crippen LogP contribution is -1.99. The number of carboxylic acid groups (broad SMARTS) is 1. The van der Waals surface area contributed by atoms with Crippen molar-refractivity contribution in [1.82, 2.24) is 0 Å². The molecule has 1 saturated carbocycles. The number of aliphatic carboxylic acids is 1. The Morgan fingerprint density at radius 2 is 1.91 bits per heavy atom. The van der Waals surface area contributed by atoms with Crippen LogP contribution in [0, 0.1) is 17.3 Å². The number of benzene rings is 1. The first kappa shape index (κ1) is 16.8. The van der Waals surface area contributed by atoms with Crippen molar-refractivity contribution in [3.05, 3.63) is 48.0 Å². The molecule has 1 fully saturated rings. The third kappa shape index (κ3) is 4.70. The second-order valence-electron chi connectivity index (χ2n) is 6.68. The molecule has 0 aromatic heterocycles. The Balaban J connectivity index is 1.64. The number of allylic oxidation sites excluding steroid dienone is 1. The first-order valence-electron chi connectivity index (χ1n) is 8.03. The first-order chi connectivity index (χ1) is 10.5. The van der Waals surface area contributed by atoms with E-state index in [1.54, 1.807) is 6.08 Å². The van der Waals surface area contributed by atoms with Crippen molar-refractivity contribution < 1.29 is 14.6 Å². The molecule has 2 rings (SSSR count). The second kappa shape index (κ2) is 7.59. The molecule has 3 nitrogen and oxygen atoms in total. The Bertz CT molecular complexity index is 505. The van der Waals surface area contributed by atoms with E-state index >= 15 is 0 Å². The lowest BCUT2D eigenvalue weighted by Gasteiger charge is -2.05. The Morgan fingerprint density at radius 1 is 1.23 bits per heavy atom. The average molecular weight is 302 g/mol. The molecule has 3 heteroatoms. The molecular formula is C19H26O3. The molecule has 1 N–H and O–H groups in total. The highest BCUT2D eigenvalue weighted by Gasteiger charge is 2.55. The number of carboxylic acids is 1. The molecule has 0 aliphatic heterocycles. The van der Waals surface area contributed by atoms with Crippen LogP contribution in [0.5, 0.6) is 0 Å². The van der Waals surface area contributed by atoms with Crippen LogP contribution in [-0.2, 0) is 16.1 Å². The van der Waals surface area contributed by atoms with Crippen molar-refractivity contribution in [2.24, 2.45) is 17.3 Å². The Morgan fingerprint density at radius 3 is 2.59 bits per heavy atom. The summed E-state index contributed by atoms with van der Waals surface area (Å²) in [6.07, 6.45) is 6.02. The summed E-state index contributed by atoms with van der Waals surface area (Å²) in [6.45, 7) is 6.09. The van der Waals surface area contributed by atoms with Gasteiger partial charge in [0.05, 0.1) is 6.61 Å². The van der Waals surface area contributed by atoms with Crippen LogP contribution in [0.25, 0.3) is 0 Å². The molecule has 2 atom stereocenters. The third-order valence-corrected chi connectivity index (χ3v) is 4.88. The van der Waals surface area contributed by atoms with E-state index in [-0.39, 0.29) is 0 Å². The van der Waals surface area contributed by atoms with Gasteiger partial charge in [-0.3, -0.25) is 0 Å². The molecule has 0 saturated heterocycles. The van der Waals surface area contributed by atoms with Gasteiger partial charge in [-0.1, -0.05) is 50.3 Å². The van der Waals surface area contributed by atoms with Crippen LogP contribution in [0.2, 0.25) is 0 Å². The van der Waals surface area contributed by atoms with Crippen LogP contribution in [0.1, 0.15) is 38.7 Å². The molecule has 0 radical (unpaired) electrons. The van der Waals surface area contributed by atoms with E-state index in [4.69, 9.17) is 9.84 Å². The lowest BCUT2D eigenvalue weighted by atomic mass is 10.1. The van der Waals surface area contributed by atoms with E-state index in [1.807, 2.05) is 18.2 Å². The van der Waals surface area contributed by atoms with Crippen LogP contribution < -0.4 is 0 Å². The maximum atomic E-state index is 10.4. The van der Waals surface area contributed by atoms with Gasteiger partial charge in [0.15, 0.2) is 0 Å². The smallest absolute Gasteiger partial charge is 0.327 e. The van der Waals surface area contributed by atoms with Gasteiger partial charge in [-0.15, -0.1) is 0 Å². The number of hydrogen-bond donors (Lipinski definition) is 1. The first-order valence-corrected chi connectivity index (χ1v) is 8.03. The maximum absolute atomic E-state index is 10.4. The summed E-state index contributed by atoms with van der Waals surface area (Å²) in [5, 5.41) is 8.58. The van der Waals surface area contributed by atoms with Gasteiger partial charge in [-0.2, -0.15) is 0 Å². The highest BCUT2D eigenvalue weighted by molar-refractivity contribution is 5.79. The van der Waals surface area contributed by atoms with Gasteiger partial charge < -0.3 is 9.84 Å². The zero-order valence-electron chi connectivity index (χ0n) is 13.5. The molecule has 120 valence electrons. The van der Waals surface area contributed by atoms with Crippen molar-refractivity contribution in [1.29, 1.82) is 0 Å². The van der Waals surface area contributed by atoms with E-state index in [0.29, 0.717) is 23.9 Å². The summed E-state index contributed by atoms with van der Waals surface area (Å²) < 4.78 is 5.78. The lowest BCUT2D eigenvalue weighted by molar-refractivity contribution is -0.131. The monoisotopic (exact) mass is 302 g/mol. The molecule has 0 spiro atoms. The third-order valence-electron chi connectivity index (χ3n) is 4.88. The fourth-order valence-electron chi connectivity index (χ4n) is 3.44. The largest absolute Gasteiger partial charge is 0.478 e. The molecule has 0 heterocycles. The van der Waals surface area contributed by atoms with E-state index in [9.17, 15) is 4.79 Å². The molecule has 0 amide bonds. The SMILES string of the molecule is CC1(C)C(CCC=CC(=O)O)C1CCOCc1ccccc1. The van der Waals surface area contributed by atoms with Crippen molar-refractivity contribution in [3.8, 4) is 0 Å². The van der Waals surface area contributed by atoms with Crippen molar-refractivity contribution in [2.45, 2.75) is 39.7 Å². The zero-order chi connectivity index (χ0) is 16.0. The van der Waals surface area contributed by atoms with E-state index in [0.717, 1.165) is 25.9 Å². The Labute approximate surface area is 133 Å². The highest BCUT2D eigenvalue weighted by atomic mass is 16.5. The van der Waals surface area contributed by atoms with Gasteiger partial charge in [-0.25, -0.2) is 4.79 Å². The van der Waals surface area contributed by atoms with Gasteiger partial charge in [0.25, 0.3) is 0 Å². The van der Waals surface area contributed by atoms with Crippen LogP contribution >= 0.6 is 0 Å². The zero-order valence-corrected chi connectivity index (χ0v) is 13.5. The summed E-state index contributed by atoms with van der Waals surface area (Å²) in [7, 11) is 0. The normalized spacial score (nSPS) is 22.8. The molecule has 22 heavy (non-hydrogen) atoms. The number of ether oxygens (including phenoxy) is 1. The summed E-state index contributed by atoms with van der Waals surface area (Å²) >= 11 is 0. The number of rotatable bonds is 9. The van der Waals surface area contributed by atoms with Gasteiger partial charge in [0.2, 0.25) is 0 Å². The van der Waals surface area contributed by atoms with Gasteiger partial charge >= 0.3 is 5.97 Å². The quantitative estimate of drug-likeness (QED) is 0.547. The number of hydrogen-bond acceptors (Lipinski definition) is 2. The fourth-order valence-corrected chi connectivity index (χ4v) is 3.44. The van der Waals surface area contributed by atoms with Crippen molar-refractivity contribution >= 4 is 5.97 Å². The average Bonchev–Trinajstić information content (AvgIpc) is 3.01. The summed E-state index contributed by atoms with van der Waals surface area (Å²) in [4.78, 5) is 10.4. The predicted octanol–water partition coefficient (Wildman–Crippen LogP) is 4.29. The summed E-state index contributed by atoms with van der Waals surface area (Å²) in [5.41, 5.74) is 1.58. The minimum absolute atomic E-state index is 0.368. The van der Waals surface area contributed by atoms with E-state index in [2.05, 4.69) is 26.0 Å². The molecular weight excluding hydrogens is 276 g/mol. The van der Waals surface area contributed by atoms with E-state index < -0.39 is 5.97 Å². The number of carbonyl (C=O) groups is 1. The standard InChI is InChI=1S/C19H26O3/c1-19(2)16(10-6-7-11-18(20)21)17(19)12-13-22-14-15-8-4-3-5-9-15/h3-5,7-9,11,16-17H,6,10,12-14H2,1-2H3,(H,20,21). The van der Waals surface area contributed by atoms with Crippen molar-refractivity contribution in [3.63, 3.8) is 0 Å². The van der Waals surface area contributed by atoms with E-state index in [1.165, 1.54) is 11.6 Å². The molecule has 1 aromatic carbocycles. The molecule has 0 bridgehead atoms. The Kier molecular flexibility index (Phi) is 5.78. The fraction of sp³-hybridized carbons (Fsp3) is 0.526. The molecule has 1 aromatic rings. The summed E-state index contributed by atoms with van der Waals surface area (Å²) in [6, 6.07) is 10.2. The van der Waals surface area contributed by atoms with Gasteiger partial charge in [0, 0.05) is 12.7 Å². The van der Waals surface area contributed by atoms with Crippen LogP contribution in [0.3, 0.4) is 0 Å². The molecule has 1 aliphatic rings. The molecule has 1 aliphatic carbocycles. The topological polar surface area (TPSA) is 46.5 Å². The molecule has 2 unspecified atom stereocenters. The summed E-state index contributed by atoms with van der Waals surface area (Å²) in [5.74, 6) is 0.522. The van der Waals surface area contributed by atoms with Crippen LogP contribution in [0.4, 0.5) is 0 Å². The van der Waals surface area contributed by atoms with Gasteiger partial charge in [-0.05, 0) is 42.1 Å². The van der Waals surface area contributed by atoms with Crippen LogP contribution in [-0.4, -0.2) is 17.7 Å². The predicted molar refractivity (Wildman–Crippen MR) is 87.5 cm³/mol. The Hall–Kier alpha value is -1.61. The van der Waals surface area contributed by atoms with Gasteiger partial charge in [0.1, 0.15) is 0 Å². The second-order valence-corrected chi connectivity index (χ2v) is 6.68. The maximum Gasteiger partial charge on any atom is 0.327 e. The minimum atomic E-state index is -0.860. The van der Waals surface area contributed by atoms with Crippen LogP contribution in [0.15, 0.2) is 42.5 Å². The minimum Gasteiger partial charge on any atom is -0.478 e. The van der Waals surface area contributed by atoms with Crippen molar-refractivity contribution in [2.75, 3.05) is 6.61 Å².